The van der Waals surface area contributed by atoms with Crippen molar-refractivity contribution in [3.63, 3.8) is 0 Å². The molecule has 0 aliphatic carbocycles. The summed E-state index contributed by atoms with van der Waals surface area (Å²) in [5, 5.41) is 9.79. The molecular formula is C24H52O7. The minimum atomic E-state index is -0.880. The molecule has 1 N–H and O–H groups in total. The summed E-state index contributed by atoms with van der Waals surface area (Å²) in [6.45, 7) is 9.82. The Morgan fingerprint density at radius 1 is 1.03 bits per heavy atom. The molecule has 7 heteroatoms. The van der Waals surface area contributed by atoms with E-state index in [1.807, 2.05) is 0 Å². The number of esters is 3. The number of hydrogen-bond donors (Lipinski definition) is 1. The Bertz CT molecular complexity index is 510. The maximum absolute atomic E-state index is 11.7. The van der Waals surface area contributed by atoms with Gasteiger partial charge >= 0.3 is 17.9 Å². The van der Waals surface area contributed by atoms with E-state index in [9.17, 15) is 19.5 Å². The Kier molecular flexibility index (Phi) is 39.1. The van der Waals surface area contributed by atoms with Crippen LogP contribution in [0.2, 0.25) is 0 Å². The van der Waals surface area contributed by atoms with Crippen LogP contribution in [0.4, 0.5) is 0 Å². The van der Waals surface area contributed by atoms with E-state index in [4.69, 9.17) is 14.2 Å². The lowest BCUT2D eigenvalue weighted by Crippen LogP contribution is -2.17. The van der Waals surface area contributed by atoms with Crippen molar-refractivity contribution in [2.75, 3.05) is 6.61 Å². The molecule has 0 aliphatic heterocycles. The van der Waals surface area contributed by atoms with Gasteiger partial charge in [0.15, 0.2) is 0 Å². The first-order valence-electron chi connectivity index (χ1n) is 8.26. The fourth-order valence-electron chi connectivity index (χ4n) is 1.73. The molecule has 31 heavy (non-hydrogen) atoms. The molecule has 0 saturated heterocycles. The number of aliphatic hydroxyl groups excluding tert-OH is 1. The third kappa shape index (κ3) is 24.0. The highest BCUT2D eigenvalue weighted by atomic mass is 16.6. The van der Waals surface area contributed by atoms with Crippen molar-refractivity contribution in [2.24, 2.45) is 0 Å². The number of carbonyl (C=O) groups is 3. The average Bonchev–Trinajstić information content (AvgIpc) is 2.53. The highest BCUT2D eigenvalue weighted by molar-refractivity contribution is 5.86. The van der Waals surface area contributed by atoms with Gasteiger partial charge in [0.1, 0.15) is 18.0 Å². The topological polar surface area (TPSA) is 99.1 Å². The van der Waals surface area contributed by atoms with Crippen LogP contribution in [0.3, 0.4) is 0 Å². The zero-order valence-corrected chi connectivity index (χ0v) is 15.4. The molecule has 0 rings (SSSR count). The molecule has 0 saturated carbocycles. The van der Waals surface area contributed by atoms with Crippen molar-refractivity contribution in [1.29, 1.82) is 0 Å². The van der Waals surface area contributed by atoms with E-state index in [0.29, 0.717) is 24.8 Å². The smallest absolute Gasteiger partial charge is 0.333 e. The van der Waals surface area contributed by atoms with E-state index in [2.05, 4.69) is 6.58 Å². The van der Waals surface area contributed by atoms with E-state index >= 15 is 0 Å². The number of hydrogen-bond acceptors (Lipinski definition) is 7. The highest BCUT2D eigenvalue weighted by Gasteiger charge is 2.14. The van der Waals surface area contributed by atoms with Crippen molar-refractivity contribution in [3.8, 4) is 0 Å². The molecule has 0 heterocycles. The van der Waals surface area contributed by atoms with E-state index in [-0.39, 0.29) is 63.3 Å². The van der Waals surface area contributed by atoms with Crippen LogP contribution in [0.1, 0.15) is 97.9 Å². The van der Waals surface area contributed by atoms with Crippen molar-refractivity contribution in [1.82, 2.24) is 0 Å². The molecular weight excluding hydrogens is 400 g/mol. The summed E-state index contributed by atoms with van der Waals surface area (Å²) >= 11 is 0. The lowest BCUT2D eigenvalue weighted by Gasteiger charge is -2.15. The summed E-state index contributed by atoms with van der Waals surface area (Å²) < 4.78 is 15.0. The van der Waals surface area contributed by atoms with Gasteiger partial charge in [-0.2, -0.15) is 0 Å². The summed E-state index contributed by atoms with van der Waals surface area (Å²) in [5.74, 6) is -1.27. The Hall–Kier alpha value is -2.15. The van der Waals surface area contributed by atoms with Gasteiger partial charge in [0.05, 0.1) is 6.61 Å². The molecule has 0 bridgehead atoms. The molecule has 0 aliphatic rings. The third-order valence-electron chi connectivity index (χ3n) is 3.07. The molecule has 0 aromatic carbocycles. The molecule has 7 nitrogen and oxygen atoms in total. The van der Waals surface area contributed by atoms with E-state index < -0.39 is 30.1 Å². The van der Waals surface area contributed by atoms with Gasteiger partial charge in [0.25, 0.3) is 0 Å². The number of carbonyl (C=O) groups excluding carboxylic acids is 3. The normalized spacial score (nSPS) is 10.9. The van der Waals surface area contributed by atoms with Crippen LogP contribution in [0.25, 0.3) is 0 Å². The van der Waals surface area contributed by atoms with Crippen LogP contribution in [-0.4, -0.2) is 41.8 Å². The monoisotopic (exact) mass is 452 g/mol. The van der Waals surface area contributed by atoms with Crippen LogP contribution >= 0.6 is 0 Å². The SMILES string of the molecule is C.C.C.C.C.C.C=C(C)C(=O)OCCCC(=O)OC(C)C/C=C(/OC(C)=O)C(O)CC. The minimum Gasteiger partial charge on any atom is -0.462 e. The molecule has 2 atom stereocenters. The molecule has 0 amide bonds. The third-order valence-corrected chi connectivity index (χ3v) is 3.07. The van der Waals surface area contributed by atoms with Gasteiger partial charge < -0.3 is 19.3 Å². The molecule has 0 aromatic rings. The molecule has 0 aromatic heterocycles. The Labute approximate surface area is 192 Å². The Balaban J connectivity index is -0.000000192. The van der Waals surface area contributed by atoms with Gasteiger partial charge in [0, 0.05) is 25.3 Å². The Morgan fingerprint density at radius 2 is 1.55 bits per heavy atom. The maximum atomic E-state index is 11.7. The zero-order chi connectivity index (χ0) is 19.4. The number of aliphatic hydroxyl groups is 1. The fourth-order valence-corrected chi connectivity index (χ4v) is 1.73. The second-order valence-corrected chi connectivity index (χ2v) is 5.68. The lowest BCUT2D eigenvalue weighted by molar-refractivity contribution is -0.149. The maximum Gasteiger partial charge on any atom is 0.333 e. The largest absolute Gasteiger partial charge is 0.462 e. The molecule has 0 fully saturated rings. The molecule has 0 spiro atoms. The average molecular weight is 453 g/mol. The van der Waals surface area contributed by atoms with Gasteiger partial charge in [-0.3, -0.25) is 9.59 Å². The first-order valence-corrected chi connectivity index (χ1v) is 8.26. The summed E-state index contributed by atoms with van der Waals surface area (Å²) in [6.07, 6.45) is 1.39. The van der Waals surface area contributed by atoms with Crippen LogP contribution < -0.4 is 0 Å². The van der Waals surface area contributed by atoms with Crippen LogP contribution in [0.5, 0.6) is 0 Å². The first kappa shape index (κ1) is 46.9. The predicted octanol–water partition coefficient (Wildman–Crippen LogP) is 6.24. The van der Waals surface area contributed by atoms with E-state index in [1.165, 1.54) is 6.92 Å². The minimum absolute atomic E-state index is 0. The highest BCUT2D eigenvalue weighted by Crippen LogP contribution is 2.12. The fraction of sp³-hybridized carbons (Fsp3) is 0.708. The van der Waals surface area contributed by atoms with Gasteiger partial charge in [0.2, 0.25) is 0 Å². The lowest BCUT2D eigenvalue weighted by atomic mass is 10.1. The van der Waals surface area contributed by atoms with Gasteiger partial charge in [-0.05, 0) is 32.8 Å². The van der Waals surface area contributed by atoms with Gasteiger partial charge in [-0.15, -0.1) is 0 Å². The van der Waals surface area contributed by atoms with Gasteiger partial charge in [-0.25, -0.2) is 4.79 Å². The van der Waals surface area contributed by atoms with Crippen molar-refractivity contribution in [3.05, 3.63) is 24.0 Å². The van der Waals surface area contributed by atoms with Crippen LogP contribution in [-0.2, 0) is 28.6 Å². The molecule has 190 valence electrons. The predicted molar refractivity (Wildman–Crippen MR) is 132 cm³/mol. The van der Waals surface area contributed by atoms with Crippen LogP contribution in [0, 0.1) is 0 Å². The quantitative estimate of drug-likeness (QED) is 0.130. The number of ether oxygens (including phenoxy) is 3. The van der Waals surface area contributed by atoms with E-state index in [1.54, 1.807) is 26.8 Å². The summed E-state index contributed by atoms with van der Waals surface area (Å²) in [5.41, 5.74) is 0.306. The standard InChI is InChI=1S/C18H28O7.6CH4/c1-6-15(20)16(25-14(5)19)10-9-13(4)24-17(21)8-7-11-23-18(22)12(2)3;;;;;;/h10,13,15,20H,2,6-9,11H2,1,3-5H3;6*1H4/b16-10+;;;;;;. The zero-order valence-electron chi connectivity index (χ0n) is 15.4. The van der Waals surface area contributed by atoms with Crippen molar-refractivity contribution >= 4 is 17.9 Å². The van der Waals surface area contributed by atoms with E-state index in [0.717, 1.165) is 0 Å². The summed E-state index contributed by atoms with van der Waals surface area (Å²) in [4.78, 5) is 33.9. The van der Waals surface area contributed by atoms with Gasteiger partial charge in [-0.1, -0.05) is 58.1 Å². The molecule has 0 radical (unpaired) electrons. The van der Waals surface area contributed by atoms with Crippen LogP contribution in [0.15, 0.2) is 24.0 Å². The van der Waals surface area contributed by atoms with Crippen molar-refractivity contribution < 1.29 is 33.7 Å². The second kappa shape index (κ2) is 25.9. The molecule has 2 unspecified atom stereocenters. The van der Waals surface area contributed by atoms with Crippen molar-refractivity contribution in [2.45, 2.75) is 110 Å². The summed E-state index contributed by atoms with van der Waals surface area (Å²) in [6, 6.07) is 0. The Morgan fingerprint density at radius 3 is 1.97 bits per heavy atom. The number of rotatable bonds is 11. The summed E-state index contributed by atoms with van der Waals surface area (Å²) in [7, 11) is 0. The first-order chi connectivity index (χ1) is 11.7. The second-order valence-electron chi connectivity index (χ2n) is 5.68.